The normalized spacial score (nSPS) is 17.8. The molecule has 1 N–H and O–H groups in total. The summed E-state index contributed by atoms with van der Waals surface area (Å²) in [6.07, 6.45) is 0.798. The third kappa shape index (κ3) is 1.72. The largest absolute Gasteiger partial charge is 0.389 e. The van der Waals surface area contributed by atoms with E-state index in [9.17, 15) is 5.11 Å². The summed E-state index contributed by atoms with van der Waals surface area (Å²) in [5, 5.41) is 10.1. The van der Waals surface area contributed by atoms with Gasteiger partial charge in [0.1, 0.15) is 0 Å². The van der Waals surface area contributed by atoms with Crippen LogP contribution in [-0.2, 0) is 0 Å². The van der Waals surface area contributed by atoms with Crippen molar-refractivity contribution in [1.29, 1.82) is 0 Å². The van der Waals surface area contributed by atoms with Gasteiger partial charge in [0, 0.05) is 13.1 Å². The molecule has 2 nitrogen and oxygen atoms in total. The van der Waals surface area contributed by atoms with Gasteiger partial charge in [-0.25, -0.2) is 0 Å². The highest BCUT2D eigenvalue weighted by Crippen LogP contribution is 2.31. The molecule has 1 aromatic carbocycles. The molecule has 1 heterocycles. The Morgan fingerprint density at radius 3 is 2.57 bits per heavy atom. The van der Waals surface area contributed by atoms with Crippen LogP contribution in [0.4, 0.5) is 5.69 Å². The maximum absolute atomic E-state index is 9.38. The SMILES string of the molecule is C[C@@H](O)c1ccc(N2CCC2)c(Cl)c1. The van der Waals surface area contributed by atoms with Gasteiger partial charge in [0.2, 0.25) is 0 Å². The first-order chi connectivity index (χ1) is 6.68. The van der Waals surface area contributed by atoms with Crippen molar-refractivity contribution < 1.29 is 5.11 Å². The number of anilines is 1. The smallest absolute Gasteiger partial charge is 0.0762 e. The summed E-state index contributed by atoms with van der Waals surface area (Å²) in [6.45, 7) is 3.93. The Labute approximate surface area is 89.1 Å². The zero-order valence-corrected chi connectivity index (χ0v) is 8.96. The number of hydrogen-bond acceptors (Lipinski definition) is 2. The Kier molecular flexibility index (Phi) is 2.66. The van der Waals surface area contributed by atoms with E-state index in [0.29, 0.717) is 0 Å². The molecule has 1 aliphatic heterocycles. The molecule has 3 heteroatoms. The number of nitrogens with zero attached hydrogens (tertiary/aromatic N) is 1. The number of hydrogen-bond donors (Lipinski definition) is 1. The van der Waals surface area contributed by atoms with Crippen LogP contribution in [0.1, 0.15) is 25.0 Å². The molecule has 2 rings (SSSR count). The van der Waals surface area contributed by atoms with Gasteiger partial charge >= 0.3 is 0 Å². The van der Waals surface area contributed by atoms with Gasteiger partial charge in [0.25, 0.3) is 0 Å². The summed E-state index contributed by atoms with van der Waals surface area (Å²) in [6, 6.07) is 5.77. The minimum atomic E-state index is -0.446. The lowest BCUT2D eigenvalue weighted by Gasteiger charge is -2.34. The maximum Gasteiger partial charge on any atom is 0.0762 e. The van der Waals surface area contributed by atoms with E-state index in [4.69, 9.17) is 11.6 Å². The van der Waals surface area contributed by atoms with E-state index >= 15 is 0 Å². The second kappa shape index (κ2) is 3.79. The van der Waals surface area contributed by atoms with Gasteiger partial charge in [-0.1, -0.05) is 17.7 Å². The Morgan fingerprint density at radius 1 is 1.43 bits per heavy atom. The van der Waals surface area contributed by atoms with Crippen LogP contribution in [0.25, 0.3) is 0 Å². The number of benzene rings is 1. The van der Waals surface area contributed by atoms with Crippen molar-refractivity contribution >= 4 is 17.3 Å². The van der Waals surface area contributed by atoms with Gasteiger partial charge in [-0.15, -0.1) is 0 Å². The number of rotatable bonds is 2. The van der Waals surface area contributed by atoms with Crippen LogP contribution in [0.3, 0.4) is 0 Å². The van der Waals surface area contributed by atoms with E-state index in [1.165, 1.54) is 6.42 Å². The minimum Gasteiger partial charge on any atom is -0.389 e. The van der Waals surface area contributed by atoms with Crippen molar-refractivity contribution in [1.82, 2.24) is 0 Å². The van der Waals surface area contributed by atoms with E-state index in [1.54, 1.807) is 6.92 Å². The molecular formula is C11H14ClNO. The molecule has 0 aromatic heterocycles. The average Bonchev–Trinajstić information content (AvgIpc) is 2.04. The molecule has 1 atom stereocenters. The molecule has 0 aliphatic carbocycles. The van der Waals surface area contributed by atoms with Crippen molar-refractivity contribution in [3.63, 3.8) is 0 Å². The van der Waals surface area contributed by atoms with Crippen LogP contribution in [0.2, 0.25) is 5.02 Å². The first-order valence-electron chi connectivity index (χ1n) is 4.91. The molecule has 0 saturated carbocycles. The number of halogens is 1. The summed E-state index contributed by atoms with van der Waals surface area (Å²) < 4.78 is 0. The summed E-state index contributed by atoms with van der Waals surface area (Å²) in [4.78, 5) is 2.24. The van der Waals surface area contributed by atoms with Gasteiger partial charge in [0.05, 0.1) is 16.8 Å². The van der Waals surface area contributed by atoms with Gasteiger partial charge in [-0.3, -0.25) is 0 Å². The zero-order valence-electron chi connectivity index (χ0n) is 8.20. The van der Waals surface area contributed by atoms with Gasteiger partial charge in [0.15, 0.2) is 0 Å². The predicted octanol–water partition coefficient (Wildman–Crippen LogP) is 2.60. The molecule has 14 heavy (non-hydrogen) atoms. The standard InChI is InChI=1S/C11H14ClNO/c1-8(14)9-3-4-11(10(12)7-9)13-5-2-6-13/h3-4,7-8,14H,2,5-6H2,1H3/t8-/m1/s1. The van der Waals surface area contributed by atoms with Crippen molar-refractivity contribution in [2.24, 2.45) is 0 Å². The van der Waals surface area contributed by atoms with Crippen molar-refractivity contribution in [2.75, 3.05) is 18.0 Å². The molecule has 0 unspecified atom stereocenters. The van der Waals surface area contributed by atoms with Crippen molar-refractivity contribution in [2.45, 2.75) is 19.4 Å². The molecule has 0 spiro atoms. The fraction of sp³-hybridized carbons (Fsp3) is 0.455. The van der Waals surface area contributed by atoms with Gasteiger partial charge in [-0.05, 0) is 31.0 Å². The summed E-state index contributed by atoms with van der Waals surface area (Å²) in [7, 11) is 0. The first kappa shape index (κ1) is 9.81. The Bertz CT molecular complexity index is 334. The lowest BCUT2D eigenvalue weighted by Crippen LogP contribution is -2.37. The maximum atomic E-state index is 9.38. The molecule has 1 aromatic rings. The molecule has 1 saturated heterocycles. The van der Waals surface area contributed by atoms with E-state index in [-0.39, 0.29) is 0 Å². The van der Waals surface area contributed by atoms with Crippen molar-refractivity contribution in [3.05, 3.63) is 28.8 Å². The first-order valence-corrected chi connectivity index (χ1v) is 5.29. The third-order valence-corrected chi connectivity index (χ3v) is 2.95. The summed E-state index contributed by atoms with van der Waals surface area (Å²) in [5.41, 5.74) is 1.96. The van der Waals surface area contributed by atoms with E-state index in [2.05, 4.69) is 4.90 Å². The molecule has 0 radical (unpaired) electrons. The van der Waals surface area contributed by atoms with Crippen LogP contribution >= 0.6 is 11.6 Å². The van der Waals surface area contributed by atoms with Crippen LogP contribution in [0, 0.1) is 0 Å². The summed E-state index contributed by atoms with van der Waals surface area (Å²) >= 11 is 6.13. The van der Waals surface area contributed by atoms with E-state index < -0.39 is 6.10 Å². The minimum absolute atomic E-state index is 0.446. The Morgan fingerprint density at radius 2 is 2.14 bits per heavy atom. The second-order valence-electron chi connectivity index (χ2n) is 3.73. The van der Waals surface area contributed by atoms with Crippen LogP contribution in [-0.4, -0.2) is 18.2 Å². The third-order valence-electron chi connectivity index (χ3n) is 2.65. The highest BCUT2D eigenvalue weighted by molar-refractivity contribution is 6.33. The van der Waals surface area contributed by atoms with Gasteiger partial charge in [-0.2, -0.15) is 0 Å². The number of aliphatic hydroxyl groups excluding tert-OH is 1. The average molecular weight is 212 g/mol. The molecule has 0 bridgehead atoms. The molecule has 0 amide bonds. The number of aliphatic hydroxyl groups is 1. The van der Waals surface area contributed by atoms with E-state index in [0.717, 1.165) is 29.4 Å². The topological polar surface area (TPSA) is 23.5 Å². The van der Waals surface area contributed by atoms with Crippen molar-refractivity contribution in [3.8, 4) is 0 Å². The fourth-order valence-corrected chi connectivity index (χ4v) is 1.91. The molecule has 1 aliphatic rings. The monoisotopic (exact) mass is 211 g/mol. The lowest BCUT2D eigenvalue weighted by molar-refractivity contribution is 0.199. The van der Waals surface area contributed by atoms with Crippen LogP contribution < -0.4 is 4.90 Å². The highest BCUT2D eigenvalue weighted by atomic mass is 35.5. The van der Waals surface area contributed by atoms with E-state index in [1.807, 2.05) is 18.2 Å². The molecular weight excluding hydrogens is 198 g/mol. The lowest BCUT2D eigenvalue weighted by atomic mass is 10.1. The Balaban J connectivity index is 2.26. The second-order valence-corrected chi connectivity index (χ2v) is 4.13. The zero-order chi connectivity index (χ0) is 10.1. The predicted molar refractivity (Wildman–Crippen MR) is 58.9 cm³/mol. The molecule has 1 fully saturated rings. The summed E-state index contributed by atoms with van der Waals surface area (Å²) in [5.74, 6) is 0. The Hall–Kier alpha value is -0.730. The molecule has 76 valence electrons. The quantitative estimate of drug-likeness (QED) is 0.813. The van der Waals surface area contributed by atoms with Crippen LogP contribution in [0.15, 0.2) is 18.2 Å². The highest BCUT2D eigenvalue weighted by Gasteiger charge is 2.17. The van der Waals surface area contributed by atoms with Gasteiger partial charge < -0.3 is 10.0 Å². The fourth-order valence-electron chi connectivity index (χ4n) is 1.60. The van der Waals surface area contributed by atoms with Crippen LogP contribution in [0.5, 0.6) is 0 Å².